The first-order valence-electron chi connectivity index (χ1n) is 9.27. The van der Waals surface area contributed by atoms with Crippen LogP contribution in [0.1, 0.15) is 52.0 Å². The van der Waals surface area contributed by atoms with Crippen LogP contribution in [-0.2, 0) is 19.3 Å². The van der Waals surface area contributed by atoms with E-state index in [4.69, 9.17) is 0 Å². The number of carbonyl (C=O) groups excluding carboxylic acids is 1. The molecule has 2 aromatic rings. The molecule has 4 rings (SSSR count). The van der Waals surface area contributed by atoms with E-state index in [1.54, 1.807) is 17.4 Å². The minimum absolute atomic E-state index is 0.0524. The lowest BCUT2D eigenvalue weighted by molar-refractivity contribution is 0.0694. The first kappa shape index (κ1) is 16.6. The maximum absolute atomic E-state index is 12.9. The van der Waals surface area contributed by atoms with Crippen LogP contribution in [0.3, 0.4) is 0 Å². The van der Waals surface area contributed by atoms with Gasteiger partial charge in [0.25, 0.3) is 5.91 Å². The van der Waals surface area contributed by atoms with E-state index in [9.17, 15) is 9.59 Å². The normalized spacial score (nSPS) is 18.2. The summed E-state index contributed by atoms with van der Waals surface area (Å²) in [7, 11) is 0. The van der Waals surface area contributed by atoms with Gasteiger partial charge in [-0.1, -0.05) is 6.07 Å². The Balaban J connectivity index is 1.37. The first-order chi connectivity index (χ1) is 12.2. The van der Waals surface area contributed by atoms with E-state index in [0.717, 1.165) is 50.1 Å². The summed E-state index contributed by atoms with van der Waals surface area (Å²) < 4.78 is 0. The molecule has 2 aliphatic rings. The van der Waals surface area contributed by atoms with Gasteiger partial charge >= 0.3 is 0 Å². The number of aryl methyl sites for hydroxylation is 1. The Bertz CT molecular complexity index is 795. The van der Waals surface area contributed by atoms with E-state index in [1.165, 1.54) is 29.5 Å². The molecule has 2 aromatic heterocycles. The summed E-state index contributed by atoms with van der Waals surface area (Å²) in [6.45, 7) is 1.69. The van der Waals surface area contributed by atoms with Crippen molar-refractivity contribution in [3.05, 3.63) is 55.6 Å². The number of fused-ring (bicyclic) bond motifs is 1. The van der Waals surface area contributed by atoms with Crippen molar-refractivity contribution in [3.8, 4) is 0 Å². The predicted molar refractivity (Wildman–Crippen MR) is 100 cm³/mol. The van der Waals surface area contributed by atoms with Crippen molar-refractivity contribution < 1.29 is 4.79 Å². The van der Waals surface area contributed by atoms with Crippen LogP contribution in [0.2, 0.25) is 0 Å². The Morgan fingerprint density at radius 3 is 2.76 bits per heavy atom. The van der Waals surface area contributed by atoms with Crippen molar-refractivity contribution in [2.45, 2.75) is 44.9 Å². The molecular formula is C20H24N2O2S. The standard InChI is InChI=1S/C20H24N2O2S/c23-18-6-5-15(12-21-18)11-14-7-9-22(10-8-14)20(24)19-17-4-2-1-3-16(17)13-25-19/h5-6,12-14H,1-4,7-11H2,(H,21,23). The number of nitrogens with one attached hydrogen (secondary N) is 1. The van der Waals surface area contributed by atoms with Gasteiger partial charge in [-0.3, -0.25) is 9.59 Å². The summed E-state index contributed by atoms with van der Waals surface area (Å²) in [4.78, 5) is 29.9. The highest BCUT2D eigenvalue weighted by Crippen LogP contribution is 2.32. The minimum atomic E-state index is -0.0524. The van der Waals surface area contributed by atoms with E-state index >= 15 is 0 Å². The lowest BCUT2D eigenvalue weighted by Gasteiger charge is -2.32. The molecular weight excluding hydrogens is 332 g/mol. The molecule has 1 fully saturated rings. The second-order valence-corrected chi connectivity index (χ2v) is 8.16. The topological polar surface area (TPSA) is 53.2 Å². The third-order valence-corrected chi connectivity index (χ3v) is 6.63. The fourth-order valence-electron chi connectivity index (χ4n) is 4.09. The SMILES string of the molecule is O=C(c1scc2c1CCCC2)N1CCC(Cc2ccc(=O)[nH]c2)CC1. The van der Waals surface area contributed by atoms with Crippen LogP contribution in [0.5, 0.6) is 0 Å². The van der Waals surface area contributed by atoms with Crippen LogP contribution >= 0.6 is 11.3 Å². The highest BCUT2D eigenvalue weighted by molar-refractivity contribution is 7.12. The minimum Gasteiger partial charge on any atom is -0.338 e. The monoisotopic (exact) mass is 356 g/mol. The molecule has 1 saturated heterocycles. The van der Waals surface area contributed by atoms with Gasteiger partial charge in [0, 0.05) is 25.4 Å². The highest BCUT2D eigenvalue weighted by atomic mass is 32.1. The smallest absolute Gasteiger partial charge is 0.264 e. The molecule has 25 heavy (non-hydrogen) atoms. The van der Waals surface area contributed by atoms with Crippen LogP contribution in [0.25, 0.3) is 0 Å². The maximum atomic E-state index is 12.9. The summed E-state index contributed by atoms with van der Waals surface area (Å²) >= 11 is 1.65. The molecule has 132 valence electrons. The molecule has 0 atom stereocenters. The second kappa shape index (κ2) is 7.16. The number of amides is 1. The molecule has 1 amide bonds. The number of hydrogen-bond donors (Lipinski definition) is 1. The Hall–Kier alpha value is -1.88. The Kier molecular flexibility index (Phi) is 4.75. The summed E-state index contributed by atoms with van der Waals surface area (Å²) in [6.07, 6.45) is 9.56. The number of nitrogens with zero attached hydrogens (tertiary/aromatic N) is 1. The number of piperidine rings is 1. The molecule has 0 spiro atoms. The molecule has 1 aliphatic carbocycles. The predicted octanol–water partition coefficient (Wildman–Crippen LogP) is 3.41. The van der Waals surface area contributed by atoms with Crippen molar-refractivity contribution in [1.29, 1.82) is 0 Å². The summed E-state index contributed by atoms with van der Waals surface area (Å²) in [5.74, 6) is 0.836. The van der Waals surface area contributed by atoms with Gasteiger partial charge in [0.05, 0.1) is 4.88 Å². The third-order valence-electron chi connectivity index (χ3n) is 5.57. The van der Waals surface area contributed by atoms with Crippen molar-refractivity contribution in [2.75, 3.05) is 13.1 Å². The number of hydrogen-bond acceptors (Lipinski definition) is 3. The molecule has 5 heteroatoms. The molecule has 0 unspecified atom stereocenters. The van der Waals surface area contributed by atoms with E-state index in [2.05, 4.69) is 10.4 Å². The van der Waals surface area contributed by atoms with E-state index < -0.39 is 0 Å². The van der Waals surface area contributed by atoms with Gasteiger partial charge in [-0.05, 0) is 72.9 Å². The lowest BCUT2D eigenvalue weighted by atomic mass is 9.90. The number of aromatic nitrogens is 1. The zero-order chi connectivity index (χ0) is 17.2. The Labute approximate surface area is 151 Å². The van der Waals surface area contributed by atoms with Crippen molar-refractivity contribution in [2.24, 2.45) is 5.92 Å². The summed E-state index contributed by atoms with van der Waals surface area (Å²) in [6, 6.07) is 3.50. The fraction of sp³-hybridized carbons (Fsp3) is 0.500. The van der Waals surface area contributed by atoms with Crippen LogP contribution < -0.4 is 5.56 Å². The number of aromatic amines is 1. The van der Waals surface area contributed by atoms with Crippen LogP contribution in [0, 0.1) is 5.92 Å². The van der Waals surface area contributed by atoms with Gasteiger partial charge in [-0.2, -0.15) is 0 Å². The number of thiophene rings is 1. The quantitative estimate of drug-likeness (QED) is 0.916. The molecule has 1 N–H and O–H groups in total. The molecule has 0 bridgehead atoms. The van der Waals surface area contributed by atoms with Crippen molar-refractivity contribution in [1.82, 2.24) is 9.88 Å². The van der Waals surface area contributed by atoms with Gasteiger partial charge in [-0.15, -0.1) is 11.3 Å². The van der Waals surface area contributed by atoms with Crippen LogP contribution in [-0.4, -0.2) is 28.9 Å². The summed E-state index contributed by atoms with van der Waals surface area (Å²) in [5.41, 5.74) is 3.87. The van der Waals surface area contributed by atoms with Crippen LogP contribution in [0.15, 0.2) is 28.5 Å². The molecule has 3 heterocycles. The van der Waals surface area contributed by atoms with Crippen LogP contribution in [0.4, 0.5) is 0 Å². The molecule has 0 saturated carbocycles. The van der Waals surface area contributed by atoms with Gasteiger partial charge in [0.2, 0.25) is 5.56 Å². The van der Waals surface area contributed by atoms with Gasteiger partial charge in [-0.25, -0.2) is 0 Å². The van der Waals surface area contributed by atoms with Gasteiger partial charge in [0.1, 0.15) is 0 Å². The number of rotatable bonds is 3. The number of pyridine rings is 1. The van der Waals surface area contributed by atoms with E-state index in [-0.39, 0.29) is 11.5 Å². The molecule has 0 aromatic carbocycles. The Morgan fingerprint density at radius 1 is 1.20 bits per heavy atom. The average molecular weight is 356 g/mol. The van der Waals surface area contributed by atoms with Gasteiger partial charge < -0.3 is 9.88 Å². The number of H-pyrrole nitrogens is 1. The van der Waals surface area contributed by atoms with E-state index in [1.807, 2.05) is 17.2 Å². The highest BCUT2D eigenvalue weighted by Gasteiger charge is 2.27. The van der Waals surface area contributed by atoms with Gasteiger partial charge in [0.15, 0.2) is 0 Å². The summed E-state index contributed by atoms with van der Waals surface area (Å²) in [5, 5.41) is 2.20. The Morgan fingerprint density at radius 2 is 2.00 bits per heavy atom. The second-order valence-electron chi connectivity index (χ2n) is 7.28. The zero-order valence-electron chi connectivity index (χ0n) is 14.4. The number of carbonyl (C=O) groups is 1. The fourth-order valence-corrected chi connectivity index (χ4v) is 5.21. The first-order valence-corrected chi connectivity index (χ1v) is 10.1. The van der Waals surface area contributed by atoms with Crippen molar-refractivity contribution in [3.63, 3.8) is 0 Å². The lowest BCUT2D eigenvalue weighted by Crippen LogP contribution is -2.39. The molecule has 0 radical (unpaired) electrons. The zero-order valence-corrected chi connectivity index (χ0v) is 15.2. The van der Waals surface area contributed by atoms with Crippen molar-refractivity contribution >= 4 is 17.2 Å². The average Bonchev–Trinajstić information content (AvgIpc) is 3.08. The molecule has 1 aliphatic heterocycles. The largest absolute Gasteiger partial charge is 0.338 e. The van der Waals surface area contributed by atoms with E-state index in [0.29, 0.717) is 5.92 Å². The maximum Gasteiger partial charge on any atom is 0.264 e. The molecule has 4 nitrogen and oxygen atoms in total. The third kappa shape index (κ3) is 3.56. The number of likely N-dealkylation sites (tertiary alicyclic amines) is 1.